The molecule has 2 aromatic heterocycles. The van der Waals surface area contributed by atoms with Gasteiger partial charge in [-0.05, 0) is 53.1 Å². The standard InChI is InChI=1S/C22H25FN6O2/c23-17-9-7-16(8-10-17)20(21-24-25-26-29(21)18-4-1-2-5-18)27-11-13-28(14-12-27)22(30)19-6-3-15-31-19/h3,6-10,15,18,20H,1-2,4-5,11-14H2. The second kappa shape index (κ2) is 8.58. The van der Waals surface area contributed by atoms with Crippen LogP contribution in [0.15, 0.2) is 47.1 Å². The van der Waals surface area contributed by atoms with E-state index in [1.54, 1.807) is 29.2 Å². The SMILES string of the molecule is O=C(c1ccco1)N1CCN(C(c2ccc(F)cc2)c2nnnn2C2CCCC2)CC1. The Labute approximate surface area is 179 Å². The molecule has 2 aliphatic rings. The maximum absolute atomic E-state index is 13.6. The molecule has 5 rings (SSSR count). The van der Waals surface area contributed by atoms with Crippen molar-refractivity contribution in [3.63, 3.8) is 0 Å². The van der Waals surface area contributed by atoms with Crippen molar-refractivity contribution in [1.82, 2.24) is 30.0 Å². The molecule has 31 heavy (non-hydrogen) atoms. The normalized spacial score (nSPS) is 19.1. The minimum atomic E-state index is -0.272. The van der Waals surface area contributed by atoms with Crippen molar-refractivity contribution in [2.45, 2.75) is 37.8 Å². The Balaban J connectivity index is 1.40. The molecule has 0 bridgehead atoms. The van der Waals surface area contributed by atoms with Crippen LogP contribution < -0.4 is 0 Å². The topological polar surface area (TPSA) is 80.3 Å². The third-order valence-corrected chi connectivity index (χ3v) is 6.32. The van der Waals surface area contributed by atoms with Crippen LogP contribution >= 0.6 is 0 Å². The Morgan fingerprint density at radius 1 is 1.06 bits per heavy atom. The van der Waals surface area contributed by atoms with Crippen LogP contribution in [-0.2, 0) is 0 Å². The van der Waals surface area contributed by atoms with Gasteiger partial charge < -0.3 is 9.32 Å². The molecule has 1 atom stereocenters. The van der Waals surface area contributed by atoms with E-state index in [0.717, 1.165) is 24.2 Å². The lowest BCUT2D eigenvalue weighted by atomic mass is 10.0. The molecule has 0 N–H and O–H groups in total. The molecule has 1 unspecified atom stereocenters. The van der Waals surface area contributed by atoms with E-state index < -0.39 is 0 Å². The summed E-state index contributed by atoms with van der Waals surface area (Å²) in [6, 6.07) is 10.1. The van der Waals surface area contributed by atoms with Gasteiger partial charge in [-0.3, -0.25) is 9.69 Å². The van der Waals surface area contributed by atoms with E-state index in [-0.39, 0.29) is 17.8 Å². The van der Waals surface area contributed by atoms with Crippen LogP contribution in [0, 0.1) is 5.82 Å². The van der Waals surface area contributed by atoms with E-state index in [1.807, 2.05) is 4.68 Å². The first-order valence-electron chi connectivity index (χ1n) is 10.8. The van der Waals surface area contributed by atoms with Crippen LogP contribution in [0.1, 0.15) is 59.7 Å². The molecule has 2 fully saturated rings. The number of benzene rings is 1. The van der Waals surface area contributed by atoms with Gasteiger partial charge in [0.05, 0.1) is 18.3 Å². The van der Waals surface area contributed by atoms with Gasteiger partial charge >= 0.3 is 0 Å². The fraction of sp³-hybridized carbons (Fsp3) is 0.455. The number of hydrogen-bond donors (Lipinski definition) is 0. The summed E-state index contributed by atoms with van der Waals surface area (Å²) < 4.78 is 20.8. The molecule has 1 amide bonds. The number of hydrogen-bond acceptors (Lipinski definition) is 6. The lowest BCUT2D eigenvalue weighted by Gasteiger charge is -2.38. The largest absolute Gasteiger partial charge is 0.459 e. The number of nitrogens with zero attached hydrogens (tertiary/aromatic N) is 6. The van der Waals surface area contributed by atoms with Gasteiger partial charge in [0.25, 0.3) is 5.91 Å². The van der Waals surface area contributed by atoms with Gasteiger partial charge in [-0.25, -0.2) is 9.07 Å². The highest BCUT2D eigenvalue weighted by atomic mass is 19.1. The summed E-state index contributed by atoms with van der Waals surface area (Å²) in [7, 11) is 0. The van der Waals surface area contributed by atoms with E-state index in [0.29, 0.717) is 38.0 Å². The fourth-order valence-corrected chi connectivity index (χ4v) is 4.70. The maximum Gasteiger partial charge on any atom is 0.289 e. The quantitative estimate of drug-likeness (QED) is 0.626. The summed E-state index contributed by atoms with van der Waals surface area (Å²) in [4.78, 5) is 16.7. The van der Waals surface area contributed by atoms with Crippen molar-refractivity contribution in [2.75, 3.05) is 26.2 Å². The Morgan fingerprint density at radius 2 is 1.81 bits per heavy atom. The smallest absolute Gasteiger partial charge is 0.289 e. The van der Waals surface area contributed by atoms with Gasteiger partial charge in [0.1, 0.15) is 5.82 Å². The van der Waals surface area contributed by atoms with E-state index >= 15 is 0 Å². The van der Waals surface area contributed by atoms with Gasteiger partial charge in [0.2, 0.25) is 0 Å². The van der Waals surface area contributed by atoms with Gasteiger partial charge in [-0.15, -0.1) is 5.10 Å². The number of furan rings is 1. The van der Waals surface area contributed by atoms with E-state index in [9.17, 15) is 9.18 Å². The monoisotopic (exact) mass is 424 g/mol. The van der Waals surface area contributed by atoms with Gasteiger partial charge in [0.15, 0.2) is 11.6 Å². The molecule has 162 valence electrons. The van der Waals surface area contributed by atoms with Crippen LogP contribution in [-0.4, -0.2) is 62.1 Å². The molecule has 1 saturated carbocycles. The zero-order valence-corrected chi connectivity index (χ0v) is 17.2. The molecular weight excluding hydrogens is 399 g/mol. The molecule has 8 nitrogen and oxygen atoms in total. The summed E-state index contributed by atoms with van der Waals surface area (Å²) in [5.41, 5.74) is 0.946. The third kappa shape index (κ3) is 3.97. The molecule has 1 saturated heterocycles. The Hall–Kier alpha value is -3.07. The first-order chi connectivity index (χ1) is 15.2. The number of halogens is 1. The number of aromatic nitrogens is 4. The zero-order chi connectivity index (χ0) is 21.2. The zero-order valence-electron chi connectivity index (χ0n) is 17.2. The van der Waals surface area contributed by atoms with Crippen LogP contribution in [0.4, 0.5) is 4.39 Å². The van der Waals surface area contributed by atoms with Crippen molar-refractivity contribution >= 4 is 5.91 Å². The number of rotatable bonds is 5. The van der Waals surface area contributed by atoms with Crippen molar-refractivity contribution in [1.29, 1.82) is 0 Å². The first-order valence-corrected chi connectivity index (χ1v) is 10.8. The van der Waals surface area contributed by atoms with Crippen LogP contribution in [0.2, 0.25) is 0 Å². The fourth-order valence-electron chi connectivity index (χ4n) is 4.70. The molecule has 1 aliphatic carbocycles. The van der Waals surface area contributed by atoms with Crippen LogP contribution in [0.5, 0.6) is 0 Å². The minimum Gasteiger partial charge on any atom is -0.459 e. The lowest BCUT2D eigenvalue weighted by Crippen LogP contribution is -2.50. The molecule has 0 radical (unpaired) electrons. The Morgan fingerprint density at radius 3 is 2.48 bits per heavy atom. The first kappa shape index (κ1) is 19.9. The van der Waals surface area contributed by atoms with Crippen LogP contribution in [0.25, 0.3) is 0 Å². The van der Waals surface area contributed by atoms with E-state index in [1.165, 1.54) is 31.2 Å². The summed E-state index contributed by atoms with van der Waals surface area (Å²) in [5.74, 6) is 0.767. The highest BCUT2D eigenvalue weighted by Crippen LogP contribution is 2.34. The molecule has 3 heterocycles. The molecule has 1 aliphatic heterocycles. The second-order valence-corrected chi connectivity index (χ2v) is 8.18. The summed E-state index contributed by atoms with van der Waals surface area (Å²) in [6.45, 7) is 2.46. The predicted molar refractivity (Wildman–Crippen MR) is 110 cm³/mol. The van der Waals surface area contributed by atoms with Gasteiger partial charge in [0, 0.05) is 26.2 Å². The lowest BCUT2D eigenvalue weighted by molar-refractivity contribution is 0.0558. The number of carbonyl (C=O) groups excluding carboxylic acids is 1. The molecule has 9 heteroatoms. The molecule has 1 aromatic carbocycles. The summed E-state index contributed by atoms with van der Waals surface area (Å²) in [6.07, 6.45) is 6.01. The van der Waals surface area contributed by atoms with Crippen molar-refractivity contribution in [3.8, 4) is 0 Å². The number of tetrazole rings is 1. The van der Waals surface area contributed by atoms with E-state index in [4.69, 9.17) is 4.42 Å². The van der Waals surface area contributed by atoms with Crippen LogP contribution in [0.3, 0.4) is 0 Å². The maximum atomic E-state index is 13.6. The Bertz CT molecular complexity index is 1010. The van der Waals surface area contributed by atoms with Crippen molar-refractivity contribution in [3.05, 3.63) is 65.6 Å². The molecular formula is C22H25FN6O2. The van der Waals surface area contributed by atoms with Gasteiger partial charge in [-0.1, -0.05) is 25.0 Å². The van der Waals surface area contributed by atoms with Crippen molar-refractivity contribution < 1.29 is 13.6 Å². The summed E-state index contributed by atoms with van der Waals surface area (Å²) >= 11 is 0. The van der Waals surface area contributed by atoms with Crippen molar-refractivity contribution in [2.24, 2.45) is 0 Å². The molecule has 0 spiro atoms. The summed E-state index contributed by atoms with van der Waals surface area (Å²) in [5, 5.41) is 12.7. The third-order valence-electron chi connectivity index (χ3n) is 6.32. The highest BCUT2D eigenvalue weighted by molar-refractivity contribution is 5.91. The predicted octanol–water partition coefficient (Wildman–Crippen LogP) is 3.07. The second-order valence-electron chi connectivity index (χ2n) is 8.18. The highest BCUT2D eigenvalue weighted by Gasteiger charge is 2.34. The number of piperazine rings is 1. The number of carbonyl (C=O) groups is 1. The Kier molecular flexibility index (Phi) is 5.50. The van der Waals surface area contributed by atoms with E-state index in [2.05, 4.69) is 20.4 Å². The number of amides is 1. The van der Waals surface area contributed by atoms with Gasteiger partial charge in [-0.2, -0.15) is 0 Å². The molecule has 3 aromatic rings. The minimum absolute atomic E-state index is 0.0984. The average molecular weight is 424 g/mol. The average Bonchev–Trinajstić information content (AvgIpc) is 3.57.